The van der Waals surface area contributed by atoms with Crippen LogP contribution in [0.4, 0.5) is 5.69 Å². The molecule has 0 unspecified atom stereocenters. The number of aryl methyl sites for hydroxylation is 1. The van der Waals surface area contributed by atoms with E-state index in [0.717, 1.165) is 20.2 Å². The topological polar surface area (TPSA) is 38.3 Å². The second-order valence-electron chi connectivity index (χ2n) is 4.49. The Bertz CT molecular complexity index is 671. The van der Waals surface area contributed by atoms with Crippen molar-refractivity contribution in [2.24, 2.45) is 0 Å². The molecule has 0 bridgehead atoms. The number of rotatable bonds is 4. The number of carbonyl (C=O) groups is 1. The Kier molecular flexibility index (Phi) is 5.42. The highest BCUT2D eigenvalue weighted by molar-refractivity contribution is 9.10. The molecule has 0 aliphatic heterocycles. The van der Waals surface area contributed by atoms with Crippen LogP contribution in [0.15, 0.2) is 45.3 Å². The van der Waals surface area contributed by atoms with Gasteiger partial charge < -0.3 is 10.1 Å². The highest BCUT2D eigenvalue weighted by Gasteiger charge is 2.14. The van der Waals surface area contributed by atoms with E-state index in [-0.39, 0.29) is 5.91 Å². The lowest BCUT2D eigenvalue weighted by atomic mass is 10.1. The largest absolute Gasteiger partial charge is 0.493 e. The van der Waals surface area contributed by atoms with E-state index in [0.29, 0.717) is 17.9 Å². The second kappa shape index (κ2) is 7.09. The summed E-state index contributed by atoms with van der Waals surface area (Å²) in [7, 11) is 0. The van der Waals surface area contributed by atoms with Crippen molar-refractivity contribution in [3.63, 3.8) is 0 Å². The van der Waals surface area contributed by atoms with Gasteiger partial charge >= 0.3 is 0 Å². The number of carbonyl (C=O) groups excluding carboxylic acids is 1. The molecular formula is C16H15Br2NO2. The Hall–Kier alpha value is -1.33. The van der Waals surface area contributed by atoms with Crippen LogP contribution in [0.5, 0.6) is 5.75 Å². The number of hydrogen-bond donors (Lipinski definition) is 1. The summed E-state index contributed by atoms with van der Waals surface area (Å²) in [6.45, 7) is 4.35. The molecule has 1 N–H and O–H groups in total. The van der Waals surface area contributed by atoms with Crippen molar-refractivity contribution in [3.8, 4) is 5.75 Å². The fourth-order valence-electron chi connectivity index (χ4n) is 1.92. The van der Waals surface area contributed by atoms with E-state index >= 15 is 0 Å². The molecule has 0 atom stereocenters. The molecule has 0 aromatic heterocycles. The first-order valence-corrected chi connectivity index (χ1v) is 8.09. The molecular weight excluding hydrogens is 398 g/mol. The summed E-state index contributed by atoms with van der Waals surface area (Å²) >= 11 is 6.79. The van der Waals surface area contributed by atoms with E-state index in [9.17, 15) is 4.79 Å². The van der Waals surface area contributed by atoms with Crippen LogP contribution in [-0.4, -0.2) is 12.5 Å². The molecule has 21 heavy (non-hydrogen) atoms. The maximum atomic E-state index is 12.5. The predicted molar refractivity (Wildman–Crippen MR) is 92.1 cm³/mol. The van der Waals surface area contributed by atoms with Gasteiger partial charge in [-0.25, -0.2) is 0 Å². The molecule has 2 aromatic rings. The summed E-state index contributed by atoms with van der Waals surface area (Å²) in [6.07, 6.45) is 0. The van der Waals surface area contributed by atoms with Crippen molar-refractivity contribution < 1.29 is 9.53 Å². The molecule has 0 saturated heterocycles. The summed E-state index contributed by atoms with van der Waals surface area (Å²) < 4.78 is 7.33. The molecule has 0 fully saturated rings. The number of halogens is 2. The molecule has 5 heteroatoms. The van der Waals surface area contributed by atoms with Gasteiger partial charge in [0.15, 0.2) is 0 Å². The minimum Gasteiger partial charge on any atom is -0.493 e. The van der Waals surface area contributed by atoms with E-state index in [1.54, 1.807) is 12.1 Å². The minimum atomic E-state index is -0.190. The Morgan fingerprint density at radius 3 is 2.48 bits per heavy atom. The van der Waals surface area contributed by atoms with Gasteiger partial charge in [-0.1, -0.05) is 31.9 Å². The van der Waals surface area contributed by atoms with Crippen molar-refractivity contribution in [2.75, 3.05) is 11.9 Å². The molecule has 0 spiro atoms. The molecule has 0 saturated carbocycles. The molecule has 110 valence electrons. The van der Waals surface area contributed by atoms with E-state index in [4.69, 9.17) is 4.74 Å². The van der Waals surface area contributed by atoms with Crippen molar-refractivity contribution in [1.82, 2.24) is 0 Å². The highest BCUT2D eigenvalue weighted by Crippen LogP contribution is 2.26. The van der Waals surface area contributed by atoms with Crippen LogP contribution in [0.2, 0.25) is 0 Å². The highest BCUT2D eigenvalue weighted by atomic mass is 79.9. The van der Waals surface area contributed by atoms with Gasteiger partial charge in [-0.15, -0.1) is 0 Å². The van der Waals surface area contributed by atoms with E-state index in [1.165, 1.54) is 0 Å². The van der Waals surface area contributed by atoms with Gasteiger partial charge in [0.2, 0.25) is 0 Å². The van der Waals surface area contributed by atoms with E-state index < -0.39 is 0 Å². The second-order valence-corrected chi connectivity index (χ2v) is 6.32. The molecule has 0 heterocycles. The maximum absolute atomic E-state index is 12.5. The Morgan fingerprint density at radius 1 is 1.14 bits per heavy atom. The monoisotopic (exact) mass is 411 g/mol. The standard InChI is InChI=1S/C16H15Br2NO2/c1-3-21-15-7-5-12(18)9-13(15)16(20)19-14-6-4-11(17)8-10(14)2/h4-9H,3H2,1-2H3,(H,19,20). The quantitative estimate of drug-likeness (QED) is 0.751. The molecule has 2 rings (SSSR count). The molecule has 1 amide bonds. The Balaban J connectivity index is 2.29. The normalized spacial score (nSPS) is 10.3. The summed E-state index contributed by atoms with van der Waals surface area (Å²) in [5.74, 6) is 0.387. The third kappa shape index (κ3) is 4.08. The lowest BCUT2D eigenvalue weighted by molar-refractivity contribution is 0.102. The van der Waals surface area contributed by atoms with Gasteiger partial charge in [0.25, 0.3) is 5.91 Å². The zero-order valence-corrected chi connectivity index (χ0v) is 14.9. The lowest BCUT2D eigenvalue weighted by Crippen LogP contribution is -2.14. The van der Waals surface area contributed by atoms with Crippen LogP contribution in [0.3, 0.4) is 0 Å². The van der Waals surface area contributed by atoms with Crippen molar-refractivity contribution in [2.45, 2.75) is 13.8 Å². The fraction of sp³-hybridized carbons (Fsp3) is 0.188. The first-order chi connectivity index (χ1) is 10.0. The summed E-state index contributed by atoms with van der Waals surface area (Å²) in [5, 5.41) is 2.92. The summed E-state index contributed by atoms with van der Waals surface area (Å²) in [6, 6.07) is 11.1. The lowest BCUT2D eigenvalue weighted by Gasteiger charge is -2.12. The van der Waals surface area contributed by atoms with Gasteiger partial charge in [-0.3, -0.25) is 4.79 Å². The summed E-state index contributed by atoms with van der Waals surface area (Å²) in [4.78, 5) is 12.5. The number of amides is 1. The minimum absolute atomic E-state index is 0.190. The molecule has 3 nitrogen and oxygen atoms in total. The van der Waals surface area contributed by atoms with Gasteiger partial charge in [-0.2, -0.15) is 0 Å². The number of hydrogen-bond acceptors (Lipinski definition) is 2. The van der Waals surface area contributed by atoms with Crippen molar-refractivity contribution >= 4 is 43.5 Å². The van der Waals surface area contributed by atoms with Gasteiger partial charge in [0.05, 0.1) is 12.2 Å². The van der Waals surface area contributed by atoms with Gasteiger partial charge in [-0.05, 0) is 55.8 Å². The predicted octanol–water partition coefficient (Wildman–Crippen LogP) is 5.17. The number of ether oxygens (including phenoxy) is 1. The van der Waals surface area contributed by atoms with E-state index in [2.05, 4.69) is 37.2 Å². The Labute approximate surface area is 141 Å². The molecule has 0 aliphatic carbocycles. The van der Waals surface area contributed by atoms with Crippen LogP contribution in [0.25, 0.3) is 0 Å². The van der Waals surface area contributed by atoms with Crippen LogP contribution in [-0.2, 0) is 0 Å². The zero-order valence-electron chi connectivity index (χ0n) is 11.7. The molecule has 0 aliphatic rings. The molecule has 0 radical (unpaired) electrons. The number of nitrogens with one attached hydrogen (secondary N) is 1. The molecule has 2 aromatic carbocycles. The van der Waals surface area contributed by atoms with Crippen LogP contribution >= 0.6 is 31.9 Å². The van der Waals surface area contributed by atoms with Crippen LogP contribution < -0.4 is 10.1 Å². The zero-order chi connectivity index (χ0) is 15.4. The van der Waals surface area contributed by atoms with Crippen LogP contribution in [0, 0.1) is 6.92 Å². The van der Waals surface area contributed by atoms with Crippen LogP contribution in [0.1, 0.15) is 22.8 Å². The average Bonchev–Trinajstić information content (AvgIpc) is 2.44. The Morgan fingerprint density at radius 2 is 1.81 bits per heavy atom. The first kappa shape index (κ1) is 16.0. The third-order valence-corrected chi connectivity index (χ3v) is 3.91. The third-order valence-electron chi connectivity index (χ3n) is 2.92. The first-order valence-electron chi connectivity index (χ1n) is 6.51. The number of benzene rings is 2. The van der Waals surface area contributed by atoms with E-state index in [1.807, 2.05) is 38.1 Å². The number of anilines is 1. The van der Waals surface area contributed by atoms with Gasteiger partial charge in [0.1, 0.15) is 5.75 Å². The smallest absolute Gasteiger partial charge is 0.259 e. The average molecular weight is 413 g/mol. The van der Waals surface area contributed by atoms with Crippen molar-refractivity contribution in [1.29, 1.82) is 0 Å². The maximum Gasteiger partial charge on any atom is 0.259 e. The summed E-state index contributed by atoms with van der Waals surface area (Å²) in [5.41, 5.74) is 2.28. The van der Waals surface area contributed by atoms with Crippen molar-refractivity contribution in [3.05, 3.63) is 56.5 Å². The fourth-order valence-corrected chi connectivity index (χ4v) is 2.75. The SMILES string of the molecule is CCOc1ccc(Br)cc1C(=O)Nc1ccc(Br)cc1C. The van der Waals surface area contributed by atoms with Gasteiger partial charge in [0, 0.05) is 14.6 Å².